The first-order valence-electron chi connectivity index (χ1n) is 3.60. The Bertz CT molecular complexity index is 439. The third-order valence-electron chi connectivity index (χ3n) is 1.79. The first kappa shape index (κ1) is 8.86. The maximum absolute atomic E-state index is 12.4. The number of alkyl halides is 2. The van der Waals surface area contributed by atoms with Gasteiger partial charge in [-0.05, 0) is 28.7 Å². The Labute approximate surface area is 86.5 Å². The molecule has 0 saturated heterocycles. The highest BCUT2D eigenvalue weighted by molar-refractivity contribution is 14.1. The van der Waals surface area contributed by atoms with Gasteiger partial charge in [-0.3, -0.25) is 0 Å². The molecule has 0 bridgehead atoms. The van der Waals surface area contributed by atoms with E-state index in [9.17, 15) is 8.78 Å². The fourth-order valence-corrected chi connectivity index (χ4v) is 2.00. The van der Waals surface area contributed by atoms with E-state index in [-0.39, 0.29) is 5.56 Å². The molecular weight excluding hydrogens is 289 g/mol. The van der Waals surface area contributed by atoms with Crippen LogP contribution in [0.15, 0.2) is 18.5 Å². The molecule has 13 heavy (non-hydrogen) atoms. The number of hydrogen-bond acceptors (Lipinski definition) is 1. The van der Waals surface area contributed by atoms with E-state index in [1.54, 1.807) is 6.07 Å². The molecule has 2 nitrogen and oxygen atoms in total. The predicted octanol–water partition coefficient (Wildman–Crippen LogP) is 3.11. The highest BCUT2D eigenvalue weighted by Crippen LogP contribution is 2.28. The second-order valence-electron chi connectivity index (χ2n) is 2.57. The molecule has 0 spiro atoms. The lowest BCUT2D eigenvalue weighted by molar-refractivity contribution is 0.150. The molecule has 0 fully saturated rings. The third-order valence-corrected chi connectivity index (χ3v) is 2.93. The maximum Gasteiger partial charge on any atom is 0.264 e. The second-order valence-corrected chi connectivity index (χ2v) is 3.65. The van der Waals surface area contributed by atoms with Gasteiger partial charge in [0.2, 0.25) is 0 Å². The zero-order valence-electron chi connectivity index (χ0n) is 6.39. The molecule has 0 saturated carbocycles. The molecule has 0 unspecified atom stereocenters. The normalized spacial score (nSPS) is 11.4. The van der Waals surface area contributed by atoms with Crippen LogP contribution in [0.25, 0.3) is 11.0 Å². The highest BCUT2D eigenvalue weighted by Gasteiger charge is 2.14. The van der Waals surface area contributed by atoms with Crippen LogP contribution in [0, 0.1) is 3.57 Å². The number of H-pyrrole nitrogens is 1. The number of nitrogens with one attached hydrogen (secondary N) is 1. The SMILES string of the molecule is FC(F)c1ccc2[nH]cnc2c1I. The summed E-state index contributed by atoms with van der Waals surface area (Å²) in [7, 11) is 0. The van der Waals surface area contributed by atoms with Crippen LogP contribution in [-0.4, -0.2) is 9.97 Å². The standard InChI is InChI=1S/C8H5F2IN2/c9-8(10)4-1-2-5-7(6(4)11)13-3-12-5/h1-3,8H,(H,12,13). The number of nitrogens with zero attached hydrogens (tertiary/aromatic N) is 1. The number of fused-ring (bicyclic) bond motifs is 1. The maximum atomic E-state index is 12.4. The molecule has 0 radical (unpaired) electrons. The van der Waals surface area contributed by atoms with Crippen LogP contribution < -0.4 is 0 Å². The average Bonchev–Trinajstić information content (AvgIpc) is 2.52. The van der Waals surface area contributed by atoms with Crippen molar-refractivity contribution in [1.82, 2.24) is 9.97 Å². The second kappa shape index (κ2) is 3.21. The number of benzene rings is 1. The van der Waals surface area contributed by atoms with Crippen molar-refractivity contribution in [3.63, 3.8) is 0 Å². The van der Waals surface area contributed by atoms with Crippen molar-refractivity contribution in [2.24, 2.45) is 0 Å². The molecule has 68 valence electrons. The molecule has 5 heteroatoms. The Morgan fingerprint density at radius 3 is 2.85 bits per heavy atom. The first-order chi connectivity index (χ1) is 6.20. The van der Waals surface area contributed by atoms with Crippen LogP contribution >= 0.6 is 22.6 Å². The molecule has 0 atom stereocenters. The van der Waals surface area contributed by atoms with Crippen LogP contribution in [0.2, 0.25) is 0 Å². The topological polar surface area (TPSA) is 28.7 Å². The van der Waals surface area contributed by atoms with Crippen LogP contribution in [0.5, 0.6) is 0 Å². The molecule has 1 N–H and O–H groups in total. The minimum Gasteiger partial charge on any atom is -0.345 e. The molecule has 0 aliphatic heterocycles. The number of halogens is 3. The Morgan fingerprint density at radius 2 is 2.15 bits per heavy atom. The van der Waals surface area contributed by atoms with Crippen molar-refractivity contribution in [3.05, 3.63) is 27.6 Å². The van der Waals surface area contributed by atoms with Crippen molar-refractivity contribution >= 4 is 33.6 Å². The van der Waals surface area contributed by atoms with Crippen LogP contribution in [-0.2, 0) is 0 Å². The summed E-state index contributed by atoms with van der Waals surface area (Å²) in [5.41, 5.74) is 1.44. The number of aromatic nitrogens is 2. The van der Waals surface area contributed by atoms with Gasteiger partial charge in [-0.25, -0.2) is 13.8 Å². The smallest absolute Gasteiger partial charge is 0.264 e. The molecule has 0 aliphatic carbocycles. The van der Waals surface area contributed by atoms with Crippen LogP contribution in [0.4, 0.5) is 8.78 Å². The minimum absolute atomic E-state index is 0.0419. The minimum atomic E-state index is -2.44. The fourth-order valence-electron chi connectivity index (χ4n) is 1.16. The molecule has 1 aromatic heterocycles. The monoisotopic (exact) mass is 294 g/mol. The summed E-state index contributed by atoms with van der Waals surface area (Å²) in [4.78, 5) is 6.83. The van der Waals surface area contributed by atoms with E-state index in [1.807, 2.05) is 22.6 Å². The predicted molar refractivity (Wildman–Crippen MR) is 53.8 cm³/mol. The number of aromatic amines is 1. The molecular formula is C8H5F2IN2. The van der Waals surface area contributed by atoms with Gasteiger partial charge >= 0.3 is 0 Å². The lowest BCUT2D eigenvalue weighted by Crippen LogP contribution is -1.89. The van der Waals surface area contributed by atoms with Gasteiger partial charge in [0.05, 0.1) is 11.8 Å². The summed E-state index contributed by atoms with van der Waals surface area (Å²) in [5.74, 6) is 0. The average molecular weight is 294 g/mol. The van der Waals surface area contributed by atoms with Crippen LogP contribution in [0.3, 0.4) is 0 Å². The van der Waals surface area contributed by atoms with Crippen molar-refractivity contribution in [2.75, 3.05) is 0 Å². The van der Waals surface area contributed by atoms with E-state index in [1.165, 1.54) is 12.4 Å². The van der Waals surface area contributed by atoms with E-state index in [2.05, 4.69) is 9.97 Å². The number of hydrogen-bond donors (Lipinski definition) is 1. The van der Waals surface area contributed by atoms with Gasteiger partial charge in [-0.15, -0.1) is 0 Å². The lowest BCUT2D eigenvalue weighted by Gasteiger charge is -2.02. The van der Waals surface area contributed by atoms with E-state index in [0.29, 0.717) is 9.09 Å². The quantitative estimate of drug-likeness (QED) is 0.804. The summed E-state index contributed by atoms with van der Waals surface area (Å²) in [6.45, 7) is 0. The van der Waals surface area contributed by atoms with Gasteiger partial charge in [0.25, 0.3) is 6.43 Å². The Kier molecular flexibility index (Phi) is 2.19. The summed E-state index contributed by atoms with van der Waals surface area (Å²) in [6.07, 6.45) is -0.935. The van der Waals surface area contributed by atoms with Gasteiger partial charge < -0.3 is 4.98 Å². The summed E-state index contributed by atoms with van der Waals surface area (Å²) < 4.78 is 25.4. The molecule has 2 aromatic rings. The molecule has 1 aromatic carbocycles. The van der Waals surface area contributed by atoms with Gasteiger partial charge in [-0.1, -0.05) is 6.07 Å². The van der Waals surface area contributed by atoms with E-state index >= 15 is 0 Å². The fraction of sp³-hybridized carbons (Fsp3) is 0.125. The zero-order chi connectivity index (χ0) is 9.42. The largest absolute Gasteiger partial charge is 0.345 e. The van der Waals surface area contributed by atoms with Crippen molar-refractivity contribution in [1.29, 1.82) is 0 Å². The Balaban J connectivity index is 2.73. The van der Waals surface area contributed by atoms with E-state index < -0.39 is 6.43 Å². The van der Waals surface area contributed by atoms with Crippen molar-refractivity contribution < 1.29 is 8.78 Å². The summed E-state index contributed by atoms with van der Waals surface area (Å²) in [6, 6.07) is 3.04. The Hall–Kier alpha value is -0.720. The number of rotatable bonds is 1. The summed E-state index contributed by atoms with van der Waals surface area (Å²) >= 11 is 1.89. The first-order valence-corrected chi connectivity index (χ1v) is 4.67. The molecule has 2 rings (SSSR count). The highest BCUT2D eigenvalue weighted by atomic mass is 127. The third kappa shape index (κ3) is 1.41. The summed E-state index contributed by atoms with van der Waals surface area (Å²) in [5, 5.41) is 0. The van der Waals surface area contributed by atoms with Crippen molar-refractivity contribution in [2.45, 2.75) is 6.43 Å². The van der Waals surface area contributed by atoms with E-state index in [0.717, 1.165) is 5.52 Å². The molecule has 0 amide bonds. The zero-order valence-corrected chi connectivity index (χ0v) is 8.55. The van der Waals surface area contributed by atoms with Crippen LogP contribution in [0.1, 0.15) is 12.0 Å². The van der Waals surface area contributed by atoms with Crippen molar-refractivity contribution in [3.8, 4) is 0 Å². The van der Waals surface area contributed by atoms with Gasteiger partial charge in [0.15, 0.2) is 0 Å². The lowest BCUT2D eigenvalue weighted by atomic mass is 10.2. The van der Waals surface area contributed by atoms with Gasteiger partial charge in [0.1, 0.15) is 5.52 Å². The van der Waals surface area contributed by atoms with Gasteiger partial charge in [0, 0.05) is 9.13 Å². The van der Waals surface area contributed by atoms with Gasteiger partial charge in [-0.2, -0.15) is 0 Å². The Morgan fingerprint density at radius 1 is 1.38 bits per heavy atom. The molecule has 0 aliphatic rings. The van der Waals surface area contributed by atoms with E-state index in [4.69, 9.17) is 0 Å². The molecule has 1 heterocycles. The number of imidazole rings is 1.